The summed E-state index contributed by atoms with van der Waals surface area (Å²) in [4.78, 5) is 0.328. The first-order valence-corrected chi connectivity index (χ1v) is 7.29. The van der Waals surface area contributed by atoms with Crippen LogP contribution in [0.3, 0.4) is 0 Å². The first-order chi connectivity index (χ1) is 9.51. The van der Waals surface area contributed by atoms with E-state index in [9.17, 15) is 0 Å². The van der Waals surface area contributed by atoms with E-state index in [0.717, 1.165) is 21.4 Å². The second kappa shape index (κ2) is 6.43. The minimum atomic E-state index is 0.328. The van der Waals surface area contributed by atoms with Crippen LogP contribution >= 0.6 is 39.7 Å². The largest absolute Gasteiger partial charge is 0.495 e. The van der Waals surface area contributed by atoms with Crippen LogP contribution in [-0.4, -0.2) is 12.1 Å². The van der Waals surface area contributed by atoms with Crippen molar-refractivity contribution in [3.05, 3.63) is 51.5 Å². The number of hydrogen-bond acceptors (Lipinski definition) is 3. The van der Waals surface area contributed by atoms with E-state index in [1.807, 2.05) is 30.3 Å². The van der Waals surface area contributed by atoms with Gasteiger partial charge in [-0.2, -0.15) is 0 Å². The summed E-state index contributed by atoms with van der Waals surface area (Å²) in [6, 6.07) is 11.1. The zero-order valence-corrected chi connectivity index (χ0v) is 13.8. The summed E-state index contributed by atoms with van der Waals surface area (Å²) in [5, 5.41) is 3.81. The zero-order chi connectivity index (χ0) is 14.7. The molecule has 0 spiro atoms. The van der Waals surface area contributed by atoms with E-state index in [1.54, 1.807) is 13.2 Å². The second-order valence-corrected chi connectivity index (χ2v) is 5.79. The Morgan fingerprint density at radius 1 is 1.30 bits per heavy atom. The van der Waals surface area contributed by atoms with Gasteiger partial charge < -0.3 is 15.8 Å². The molecule has 20 heavy (non-hydrogen) atoms. The van der Waals surface area contributed by atoms with Crippen molar-refractivity contribution in [3.8, 4) is 5.75 Å². The van der Waals surface area contributed by atoms with Gasteiger partial charge in [-0.1, -0.05) is 39.7 Å². The van der Waals surface area contributed by atoms with Crippen LogP contribution in [0.4, 0.5) is 11.4 Å². The molecule has 0 bridgehead atoms. The van der Waals surface area contributed by atoms with E-state index in [-0.39, 0.29) is 0 Å². The van der Waals surface area contributed by atoms with Crippen LogP contribution < -0.4 is 15.8 Å². The number of nitrogens with one attached hydrogen (secondary N) is 1. The fraction of sp³-hybridized carbons (Fsp3) is 0.0714. The van der Waals surface area contributed by atoms with Crippen LogP contribution in [-0.2, 0) is 0 Å². The van der Waals surface area contributed by atoms with Crippen molar-refractivity contribution >= 4 is 56.1 Å². The van der Waals surface area contributed by atoms with Crippen molar-refractivity contribution < 1.29 is 4.74 Å². The third kappa shape index (κ3) is 3.42. The lowest BCUT2D eigenvalue weighted by molar-refractivity contribution is 0.415. The molecule has 0 aliphatic rings. The molecular weight excluding hydrogens is 360 g/mol. The molecule has 3 N–H and O–H groups in total. The number of nitrogens with two attached hydrogens (primary N) is 1. The van der Waals surface area contributed by atoms with Gasteiger partial charge in [-0.05, 0) is 30.3 Å². The van der Waals surface area contributed by atoms with Gasteiger partial charge in [0.1, 0.15) is 10.7 Å². The summed E-state index contributed by atoms with van der Waals surface area (Å²) in [7, 11) is 1.57. The Balaban J connectivity index is 2.37. The highest BCUT2D eigenvalue weighted by molar-refractivity contribution is 9.10. The molecule has 6 heteroatoms. The number of anilines is 2. The van der Waals surface area contributed by atoms with Gasteiger partial charge in [0.15, 0.2) is 0 Å². The smallest absolute Gasteiger partial charge is 0.139 e. The predicted octanol–water partition coefficient (Wildman–Crippen LogP) is 4.49. The fourth-order valence-electron chi connectivity index (χ4n) is 1.72. The minimum Gasteiger partial charge on any atom is -0.495 e. The standard InChI is InChI=1S/C14H12BrClN2OS/c1-19-13-7-9(3-4-11(13)16)18-12-5-2-8(15)6-10(12)14(17)20/h2-7,18H,1H3,(H2,17,20). The third-order valence-electron chi connectivity index (χ3n) is 2.68. The Bertz CT molecular complexity index is 664. The van der Waals surface area contributed by atoms with Crippen molar-refractivity contribution in [3.63, 3.8) is 0 Å². The maximum Gasteiger partial charge on any atom is 0.139 e. The molecule has 0 fully saturated rings. The SMILES string of the molecule is COc1cc(Nc2ccc(Br)cc2C(N)=S)ccc1Cl. The normalized spacial score (nSPS) is 10.2. The first kappa shape index (κ1) is 15.1. The van der Waals surface area contributed by atoms with Gasteiger partial charge in [0, 0.05) is 27.5 Å². The average molecular weight is 372 g/mol. The van der Waals surface area contributed by atoms with Crippen LogP contribution in [0.15, 0.2) is 40.9 Å². The molecule has 0 radical (unpaired) electrons. The van der Waals surface area contributed by atoms with Crippen LogP contribution in [0.25, 0.3) is 0 Å². The number of halogens is 2. The van der Waals surface area contributed by atoms with Crippen molar-refractivity contribution in [1.82, 2.24) is 0 Å². The average Bonchev–Trinajstić information content (AvgIpc) is 2.42. The summed E-state index contributed by atoms with van der Waals surface area (Å²) in [6.45, 7) is 0. The van der Waals surface area contributed by atoms with E-state index in [4.69, 9.17) is 34.3 Å². The first-order valence-electron chi connectivity index (χ1n) is 5.71. The van der Waals surface area contributed by atoms with Crippen LogP contribution in [0.5, 0.6) is 5.75 Å². The number of rotatable bonds is 4. The number of thiocarbonyl (C=S) groups is 1. The van der Waals surface area contributed by atoms with Crippen molar-refractivity contribution in [2.75, 3.05) is 12.4 Å². The Morgan fingerprint density at radius 3 is 2.70 bits per heavy atom. The summed E-state index contributed by atoms with van der Waals surface area (Å²) in [5.41, 5.74) is 8.17. The maximum atomic E-state index is 6.00. The molecule has 0 aliphatic heterocycles. The van der Waals surface area contributed by atoms with Gasteiger partial charge in [-0.15, -0.1) is 0 Å². The Kier molecular flexibility index (Phi) is 4.86. The molecule has 0 aliphatic carbocycles. The highest BCUT2D eigenvalue weighted by Gasteiger charge is 2.08. The molecule has 2 aromatic carbocycles. The van der Waals surface area contributed by atoms with Crippen LogP contribution in [0, 0.1) is 0 Å². The molecule has 0 amide bonds. The highest BCUT2D eigenvalue weighted by Crippen LogP contribution is 2.30. The molecule has 0 aromatic heterocycles. The summed E-state index contributed by atoms with van der Waals surface area (Å²) < 4.78 is 6.11. The van der Waals surface area contributed by atoms with E-state index >= 15 is 0 Å². The van der Waals surface area contributed by atoms with Crippen molar-refractivity contribution in [1.29, 1.82) is 0 Å². The second-order valence-electron chi connectivity index (χ2n) is 4.03. The molecule has 104 valence electrons. The molecule has 0 saturated carbocycles. The quantitative estimate of drug-likeness (QED) is 0.777. The molecule has 2 rings (SSSR count). The van der Waals surface area contributed by atoms with E-state index < -0.39 is 0 Å². The highest BCUT2D eigenvalue weighted by atomic mass is 79.9. The van der Waals surface area contributed by atoms with Crippen LogP contribution in [0.1, 0.15) is 5.56 Å². The van der Waals surface area contributed by atoms with Crippen LogP contribution in [0.2, 0.25) is 5.02 Å². The van der Waals surface area contributed by atoms with Gasteiger partial charge in [0.05, 0.1) is 12.1 Å². The monoisotopic (exact) mass is 370 g/mol. The minimum absolute atomic E-state index is 0.328. The number of hydrogen-bond donors (Lipinski definition) is 2. The lowest BCUT2D eigenvalue weighted by atomic mass is 10.1. The Labute approximate surface area is 136 Å². The van der Waals surface area contributed by atoms with E-state index in [1.165, 1.54) is 0 Å². The van der Waals surface area contributed by atoms with Gasteiger partial charge in [-0.3, -0.25) is 0 Å². The Hall–Kier alpha value is -1.30. The summed E-state index contributed by atoms with van der Waals surface area (Å²) in [5.74, 6) is 0.602. The van der Waals surface area contributed by atoms with Gasteiger partial charge in [-0.25, -0.2) is 0 Å². The third-order valence-corrected chi connectivity index (χ3v) is 3.70. The van der Waals surface area contributed by atoms with Gasteiger partial charge >= 0.3 is 0 Å². The van der Waals surface area contributed by atoms with Crippen molar-refractivity contribution in [2.45, 2.75) is 0 Å². The molecule has 0 atom stereocenters. The van der Waals surface area contributed by atoms with Gasteiger partial charge in [0.25, 0.3) is 0 Å². The summed E-state index contributed by atoms with van der Waals surface area (Å²) in [6.07, 6.45) is 0. The van der Waals surface area contributed by atoms with Crippen molar-refractivity contribution in [2.24, 2.45) is 5.73 Å². The molecule has 0 saturated heterocycles. The molecule has 0 heterocycles. The molecule has 3 nitrogen and oxygen atoms in total. The number of methoxy groups -OCH3 is 1. The molecular formula is C14H12BrClN2OS. The maximum absolute atomic E-state index is 6.00. The lowest BCUT2D eigenvalue weighted by Crippen LogP contribution is -2.12. The predicted molar refractivity (Wildman–Crippen MR) is 91.3 cm³/mol. The van der Waals surface area contributed by atoms with E-state index in [2.05, 4.69) is 21.2 Å². The summed E-state index contributed by atoms with van der Waals surface area (Å²) >= 11 is 14.5. The number of ether oxygens (including phenoxy) is 1. The van der Waals surface area contributed by atoms with Gasteiger partial charge in [0.2, 0.25) is 0 Å². The number of benzene rings is 2. The molecule has 2 aromatic rings. The fourth-order valence-corrected chi connectivity index (χ4v) is 2.45. The lowest BCUT2D eigenvalue weighted by Gasteiger charge is -2.13. The Morgan fingerprint density at radius 2 is 2.05 bits per heavy atom. The molecule has 0 unspecified atom stereocenters. The zero-order valence-electron chi connectivity index (χ0n) is 10.6. The van der Waals surface area contributed by atoms with E-state index in [0.29, 0.717) is 15.8 Å². The topological polar surface area (TPSA) is 47.3 Å².